The fourth-order valence-electron chi connectivity index (χ4n) is 1.63. The van der Waals surface area contributed by atoms with Crippen LogP contribution in [0.2, 0.25) is 0 Å². The van der Waals surface area contributed by atoms with Gasteiger partial charge in [-0.2, -0.15) is 4.57 Å². The number of nitrogens with zero attached hydrogens (tertiary/aromatic N) is 1. The van der Waals surface area contributed by atoms with Gasteiger partial charge in [0.2, 0.25) is 0 Å². The Hall–Kier alpha value is -0.800. The Kier molecular flexibility index (Phi) is 3.12. The lowest BCUT2D eigenvalue weighted by atomic mass is 10.2. The van der Waals surface area contributed by atoms with Gasteiger partial charge in [0, 0.05) is 10.5 Å². The summed E-state index contributed by atoms with van der Waals surface area (Å²) in [5.41, 5.74) is 0.813. The predicted octanol–water partition coefficient (Wildman–Crippen LogP) is 2.83. The first-order chi connectivity index (χ1) is 7.24. The zero-order valence-corrected chi connectivity index (χ0v) is 10.3. The summed E-state index contributed by atoms with van der Waals surface area (Å²) >= 11 is 9.17. The first kappa shape index (κ1) is 10.7. The highest BCUT2D eigenvalue weighted by atomic mass is 79.9. The Morgan fingerprint density at radius 1 is 1.33 bits per heavy atom. The third-order valence-corrected chi connectivity index (χ3v) is 3.14. The van der Waals surface area contributed by atoms with Crippen LogP contribution in [-0.2, 0) is 6.54 Å². The highest BCUT2D eigenvalue weighted by molar-refractivity contribution is 9.10. The van der Waals surface area contributed by atoms with E-state index in [9.17, 15) is 5.11 Å². The topological polar surface area (TPSA) is 24.1 Å². The molecule has 0 bridgehead atoms. The molecule has 0 spiro atoms. The molecule has 2 aromatic rings. The summed E-state index contributed by atoms with van der Waals surface area (Å²) in [7, 11) is 0. The van der Waals surface area contributed by atoms with Crippen LogP contribution in [-0.4, -0.2) is 11.0 Å². The van der Waals surface area contributed by atoms with Gasteiger partial charge in [0.05, 0.1) is 11.3 Å². The number of fused-ring (bicyclic) bond motifs is 1. The number of hydrogen-bond donors (Lipinski definition) is 1. The number of phenolic OH excluding ortho intramolecular Hbond substituents is 1. The fraction of sp³-hybridized carbons (Fsp3) is 0.182. The van der Waals surface area contributed by atoms with Crippen molar-refractivity contribution in [3.8, 4) is 5.75 Å². The van der Waals surface area contributed by atoms with Crippen LogP contribution < -0.4 is 4.57 Å². The third-order valence-electron chi connectivity index (χ3n) is 2.28. The van der Waals surface area contributed by atoms with E-state index in [4.69, 9.17) is 11.6 Å². The van der Waals surface area contributed by atoms with E-state index in [0.29, 0.717) is 12.4 Å². The summed E-state index contributed by atoms with van der Waals surface area (Å²) in [6.45, 7) is 0.683. The molecule has 0 aliphatic carbocycles. The average molecular weight is 288 g/mol. The molecule has 78 valence electrons. The number of halogens is 2. The lowest BCUT2D eigenvalue weighted by Gasteiger charge is -2.02. The molecular formula is C11H10BrClNO+. The fourth-order valence-corrected chi connectivity index (χ4v) is 2.26. The van der Waals surface area contributed by atoms with Crippen molar-refractivity contribution in [2.45, 2.75) is 6.54 Å². The molecule has 15 heavy (non-hydrogen) atoms. The number of aromatic hydroxyl groups is 1. The molecule has 2 rings (SSSR count). The summed E-state index contributed by atoms with van der Waals surface area (Å²) in [4.78, 5) is 0. The minimum absolute atomic E-state index is 0.277. The maximum absolute atomic E-state index is 9.82. The van der Waals surface area contributed by atoms with E-state index in [1.54, 1.807) is 6.07 Å². The Bertz CT molecular complexity index is 501. The second kappa shape index (κ2) is 4.37. The van der Waals surface area contributed by atoms with Crippen molar-refractivity contribution in [3.05, 3.63) is 34.9 Å². The van der Waals surface area contributed by atoms with E-state index in [-0.39, 0.29) is 5.75 Å². The monoisotopic (exact) mass is 286 g/mol. The van der Waals surface area contributed by atoms with Crippen molar-refractivity contribution in [2.75, 3.05) is 5.88 Å². The number of aryl methyl sites for hydroxylation is 1. The molecule has 0 atom stereocenters. The Morgan fingerprint density at radius 3 is 2.87 bits per heavy atom. The van der Waals surface area contributed by atoms with Crippen LogP contribution >= 0.6 is 27.5 Å². The molecule has 2 nitrogen and oxygen atoms in total. The number of benzene rings is 1. The van der Waals surface area contributed by atoms with Crippen molar-refractivity contribution in [3.63, 3.8) is 0 Å². The van der Waals surface area contributed by atoms with Gasteiger partial charge in [-0.1, -0.05) is 0 Å². The molecule has 0 saturated carbocycles. The second-order valence-electron chi connectivity index (χ2n) is 3.22. The van der Waals surface area contributed by atoms with E-state index >= 15 is 0 Å². The summed E-state index contributed by atoms with van der Waals surface area (Å²) in [6, 6.07) is 7.42. The number of aromatic nitrogens is 1. The van der Waals surface area contributed by atoms with E-state index in [0.717, 1.165) is 15.4 Å². The zero-order chi connectivity index (χ0) is 10.8. The van der Waals surface area contributed by atoms with Crippen LogP contribution in [0.3, 0.4) is 0 Å². The molecule has 0 aliphatic heterocycles. The lowest BCUT2D eigenvalue weighted by Crippen LogP contribution is -2.34. The molecule has 0 saturated heterocycles. The molecule has 0 fully saturated rings. The van der Waals surface area contributed by atoms with Crippen molar-refractivity contribution in [2.24, 2.45) is 0 Å². The molecule has 0 amide bonds. The minimum atomic E-state index is 0.277. The molecule has 1 heterocycles. The molecular weight excluding hydrogens is 277 g/mol. The highest BCUT2D eigenvalue weighted by Crippen LogP contribution is 2.27. The van der Waals surface area contributed by atoms with Crippen molar-refractivity contribution in [1.29, 1.82) is 0 Å². The normalized spacial score (nSPS) is 10.8. The van der Waals surface area contributed by atoms with Crippen molar-refractivity contribution >= 4 is 38.4 Å². The summed E-state index contributed by atoms with van der Waals surface area (Å²) in [6.07, 6.45) is 1.91. The first-order valence-corrected chi connectivity index (χ1v) is 5.92. The molecule has 1 N–H and O–H groups in total. The lowest BCUT2D eigenvalue weighted by molar-refractivity contribution is -0.667. The zero-order valence-electron chi connectivity index (χ0n) is 7.95. The van der Waals surface area contributed by atoms with Crippen LogP contribution in [0.15, 0.2) is 34.9 Å². The van der Waals surface area contributed by atoms with Gasteiger partial charge in [0.25, 0.3) is 5.52 Å². The standard InChI is InChI=1S/C11H9BrClNO/c12-9-3-4-10(15)11-8(9)2-1-6-14(11)7-5-13/h1-4,6H,5,7H2/p+1. The van der Waals surface area contributed by atoms with E-state index in [1.807, 2.05) is 29.0 Å². The van der Waals surface area contributed by atoms with Crippen LogP contribution in [0, 0.1) is 0 Å². The molecule has 1 aromatic heterocycles. The average Bonchev–Trinajstić information content (AvgIpc) is 2.24. The van der Waals surface area contributed by atoms with E-state index in [2.05, 4.69) is 15.9 Å². The molecule has 0 unspecified atom stereocenters. The van der Waals surface area contributed by atoms with Gasteiger partial charge in [-0.05, 0) is 34.1 Å². The van der Waals surface area contributed by atoms with E-state index < -0.39 is 0 Å². The number of pyridine rings is 1. The third kappa shape index (κ3) is 1.94. The Morgan fingerprint density at radius 2 is 2.13 bits per heavy atom. The van der Waals surface area contributed by atoms with Crippen LogP contribution in [0.25, 0.3) is 10.9 Å². The molecule has 1 aromatic carbocycles. The van der Waals surface area contributed by atoms with Crippen molar-refractivity contribution in [1.82, 2.24) is 0 Å². The number of alkyl halides is 1. The Labute approximate surface area is 101 Å². The van der Waals surface area contributed by atoms with E-state index in [1.165, 1.54) is 0 Å². The number of hydrogen-bond acceptors (Lipinski definition) is 1. The van der Waals surface area contributed by atoms with Crippen LogP contribution in [0.4, 0.5) is 0 Å². The molecule has 0 aliphatic rings. The summed E-state index contributed by atoms with van der Waals surface area (Å²) < 4.78 is 2.92. The highest BCUT2D eigenvalue weighted by Gasteiger charge is 2.14. The van der Waals surface area contributed by atoms with Gasteiger partial charge in [-0.25, -0.2) is 0 Å². The van der Waals surface area contributed by atoms with Crippen LogP contribution in [0.1, 0.15) is 0 Å². The van der Waals surface area contributed by atoms with Gasteiger partial charge in [-0.15, -0.1) is 11.6 Å². The maximum Gasteiger partial charge on any atom is 0.255 e. The smallest absolute Gasteiger partial charge is 0.255 e. The van der Waals surface area contributed by atoms with Crippen LogP contribution in [0.5, 0.6) is 5.75 Å². The van der Waals surface area contributed by atoms with Gasteiger partial charge >= 0.3 is 0 Å². The van der Waals surface area contributed by atoms with Gasteiger partial charge in [0.15, 0.2) is 18.5 Å². The second-order valence-corrected chi connectivity index (χ2v) is 4.45. The van der Waals surface area contributed by atoms with Gasteiger partial charge < -0.3 is 5.11 Å². The van der Waals surface area contributed by atoms with Gasteiger partial charge in [0.1, 0.15) is 0 Å². The predicted molar refractivity (Wildman–Crippen MR) is 64.2 cm³/mol. The summed E-state index contributed by atoms with van der Waals surface area (Å²) in [5, 5.41) is 10.8. The SMILES string of the molecule is Oc1ccc(Br)c2ccc[n+](CCCl)c12. The minimum Gasteiger partial charge on any atom is -0.502 e. The van der Waals surface area contributed by atoms with Crippen molar-refractivity contribution < 1.29 is 9.67 Å². The first-order valence-electron chi connectivity index (χ1n) is 4.59. The maximum atomic E-state index is 9.82. The molecule has 0 radical (unpaired) electrons. The Balaban J connectivity index is 2.78. The summed E-state index contributed by atoms with van der Waals surface area (Å²) in [5.74, 6) is 0.800. The number of rotatable bonds is 2. The van der Waals surface area contributed by atoms with Gasteiger partial charge in [-0.3, -0.25) is 0 Å². The quantitative estimate of drug-likeness (QED) is 0.666. The largest absolute Gasteiger partial charge is 0.502 e. The number of phenols is 1. The molecule has 4 heteroatoms.